The molecule has 7 aromatic carbocycles. The van der Waals surface area contributed by atoms with Crippen LogP contribution in [0.2, 0.25) is 0 Å². The minimum Gasteiger partial charge on any atom is -0.309 e. The van der Waals surface area contributed by atoms with Gasteiger partial charge in [0.25, 0.3) is 0 Å². The van der Waals surface area contributed by atoms with Crippen LogP contribution in [-0.2, 0) is 0 Å². The van der Waals surface area contributed by atoms with Gasteiger partial charge in [0, 0.05) is 58.8 Å². The van der Waals surface area contributed by atoms with Gasteiger partial charge in [0.05, 0.1) is 20.8 Å². The van der Waals surface area contributed by atoms with Gasteiger partial charge >= 0.3 is 0 Å². The van der Waals surface area contributed by atoms with E-state index in [1.165, 1.54) is 11.3 Å². The molecule has 0 saturated heterocycles. The Bertz CT molecular complexity index is 2940. The molecule has 4 nitrogen and oxygen atoms in total. The first-order valence-electron chi connectivity index (χ1n) is 17.9. The molecule has 10 rings (SSSR count). The lowest BCUT2D eigenvalue weighted by Gasteiger charge is -2.17. The smallest absolute Gasteiger partial charge is 0.164 e. The van der Waals surface area contributed by atoms with Crippen LogP contribution in [0, 0.1) is 0 Å². The Hall–Kier alpha value is -6.43. The molecule has 234 valence electrons. The molecule has 0 amide bonds. The van der Waals surface area contributed by atoms with Crippen LogP contribution in [-0.4, -0.2) is 19.5 Å². The van der Waals surface area contributed by atoms with Gasteiger partial charge in [-0.1, -0.05) is 133 Å². The lowest BCUT2D eigenvalue weighted by molar-refractivity contribution is 1.07. The first kappa shape index (κ1) is 25.6. The van der Waals surface area contributed by atoms with Gasteiger partial charge in [-0.15, -0.1) is 11.3 Å². The summed E-state index contributed by atoms with van der Waals surface area (Å²) in [5.41, 5.74) is 7.46. The van der Waals surface area contributed by atoms with Gasteiger partial charge in [-0.2, -0.15) is 0 Å². The van der Waals surface area contributed by atoms with Gasteiger partial charge < -0.3 is 4.57 Å². The van der Waals surface area contributed by atoms with Crippen molar-refractivity contribution < 1.29 is 4.11 Å². The molecule has 3 heterocycles. The number of rotatable bonds is 5. The van der Waals surface area contributed by atoms with Crippen LogP contribution in [0.5, 0.6) is 0 Å². The highest BCUT2D eigenvalue weighted by Crippen LogP contribution is 2.44. The summed E-state index contributed by atoms with van der Waals surface area (Å²) in [6, 6.07) is 51.2. The number of hydrogen-bond donors (Lipinski definition) is 0. The van der Waals surface area contributed by atoms with Crippen molar-refractivity contribution in [2.45, 2.75) is 0 Å². The molecule has 5 heteroatoms. The monoisotopic (exact) mass is 659 g/mol. The van der Waals surface area contributed by atoms with Crippen molar-refractivity contribution in [1.29, 1.82) is 0 Å². The number of nitrogens with zero attached hydrogens (tertiary/aromatic N) is 4. The van der Waals surface area contributed by atoms with Crippen molar-refractivity contribution in [2.24, 2.45) is 0 Å². The standard InChI is InChI=1S/C45H28N4S/c1-3-14-29(15-4-1)43-46-44(30-16-5-2-6-17-30)48-45(47-43)31-26-27-40(49-38-23-10-7-18-32(38)33-19-8-11-24-39(33)49)37(28-31)36-22-13-21-35-34-20-9-12-25-41(34)50-42(35)36/h1-28H/i9D,13D,25D. The molecule has 10 aromatic rings. The highest BCUT2D eigenvalue weighted by Gasteiger charge is 2.20. The number of hydrogen-bond acceptors (Lipinski definition) is 4. The summed E-state index contributed by atoms with van der Waals surface area (Å²) < 4.78 is 30.2. The van der Waals surface area contributed by atoms with E-state index in [1.807, 2.05) is 72.8 Å². The third-order valence-corrected chi connectivity index (χ3v) is 10.4. The zero-order valence-electron chi connectivity index (χ0n) is 29.6. The molecule has 50 heavy (non-hydrogen) atoms. The molecule has 0 fully saturated rings. The largest absolute Gasteiger partial charge is 0.309 e. The second kappa shape index (κ2) is 11.6. The summed E-state index contributed by atoms with van der Waals surface area (Å²) in [5.74, 6) is 1.70. The van der Waals surface area contributed by atoms with Crippen molar-refractivity contribution >= 4 is 53.3 Å². The second-order valence-electron chi connectivity index (χ2n) is 12.2. The third kappa shape index (κ3) is 4.63. The molecule has 0 spiro atoms. The van der Waals surface area contributed by atoms with Gasteiger partial charge in [0.2, 0.25) is 0 Å². The summed E-state index contributed by atoms with van der Waals surface area (Å²) in [5, 5.41) is 3.99. The fraction of sp³-hybridized carbons (Fsp3) is 0. The quantitative estimate of drug-likeness (QED) is 0.185. The number of benzene rings is 7. The average Bonchev–Trinajstić information content (AvgIpc) is 3.74. The Morgan fingerprint density at radius 2 is 1.04 bits per heavy atom. The predicted molar refractivity (Wildman–Crippen MR) is 209 cm³/mol. The lowest BCUT2D eigenvalue weighted by atomic mass is 9.98. The summed E-state index contributed by atoms with van der Waals surface area (Å²) in [6.45, 7) is 0. The second-order valence-corrected chi connectivity index (χ2v) is 13.2. The van der Waals surface area contributed by atoms with Crippen molar-refractivity contribution in [3.8, 4) is 51.0 Å². The maximum Gasteiger partial charge on any atom is 0.164 e. The van der Waals surface area contributed by atoms with E-state index in [0.29, 0.717) is 29.6 Å². The Morgan fingerprint density at radius 1 is 0.460 bits per heavy atom. The zero-order chi connectivity index (χ0) is 35.6. The molecule has 0 atom stereocenters. The minimum atomic E-state index is 0.283. The Kier molecular flexibility index (Phi) is 5.94. The molecule has 0 aliphatic rings. The van der Waals surface area contributed by atoms with E-state index < -0.39 is 0 Å². The van der Waals surface area contributed by atoms with E-state index in [-0.39, 0.29) is 6.04 Å². The van der Waals surface area contributed by atoms with Crippen LogP contribution >= 0.6 is 11.3 Å². The molecule has 0 aliphatic carbocycles. The predicted octanol–water partition coefficient (Wildman–Crippen LogP) is 12.0. The molecule has 0 bridgehead atoms. The molecule has 0 N–H and O–H groups in total. The highest BCUT2D eigenvalue weighted by atomic mass is 32.1. The Labute approximate surface area is 296 Å². The van der Waals surface area contributed by atoms with Gasteiger partial charge in [-0.05, 0) is 36.4 Å². The minimum absolute atomic E-state index is 0.283. The maximum absolute atomic E-state index is 9.03. The van der Waals surface area contributed by atoms with Gasteiger partial charge in [0.15, 0.2) is 17.5 Å². The molecule has 0 unspecified atom stereocenters. The van der Waals surface area contributed by atoms with Gasteiger partial charge in [0.1, 0.15) is 0 Å². The van der Waals surface area contributed by atoms with Gasteiger partial charge in [-0.25, -0.2) is 15.0 Å². The van der Waals surface area contributed by atoms with Crippen LogP contribution in [0.1, 0.15) is 4.11 Å². The SMILES string of the molecule is [2H]c1cc([2H])c2sc3c(-c4cc(-c5nc(-c6ccccc6)nc(-c6ccccc6)n5)ccc4-n4c5ccccc5c5ccccc54)cc([2H])cc3c2c1. The van der Waals surface area contributed by atoms with E-state index in [0.717, 1.165) is 75.5 Å². The molecule has 0 radical (unpaired) electrons. The van der Waals surface area contributed by atoms with E-state index in [1.54, 1.807) is 12.1 Å². The lowest BCUT2D eigenvalue weighted by Crippen LogP contribution is -2.02. The third-order valence-electron chi connectivity index (χ3n) is 9.26. The first-order chi connectivity index (χ1) is 26.0. The van der Waals surface area contributed by atoms with Crippen molar-refractivity contribution in [3.05, 3.63) is 170 Å². The molecule has 0 aliphatic heterocycles. The van der Waals surface area contributed by atoms with Crippen molar-refractivity contribution in [1.82, 2.24) is 19.5 Å². The van der Waals surface area contributed by atoms with Crippen LogP contribution < -0.4 is 0 Å². The zero-order valence-corrected chi connectivity index (χ0v) is 27.4. The van der Waals surface area contributed by atoms with Gasteiger partial charge in [-0.3, -0.25) is 0 Å². The highest BCUT2D eigenvalue weighted by molar-refractivity contribution is 7.26. The summed E-state index contributed by atoms with van der Waals surface area (Å²) in [4.78, 5) is 15.0. The average molecular weight is 660 g/mol. The fourth-order valence-corrected chi connectivity index (χ4v) is 8.12. The number of aromatic nitrogens is 4. The van der Waals surface area contributed by atoms with Crippen molar-refractivity contribution in [3.63, 3.8) is 0 Å². The first-order valence-corrected chi connectivity index (χ1v) is 17.3. The Balaban J connectivity index is 1.30. The fourth-order valence-electron chi connectivity index (χ4n) is 6.96. The topological polar surface area (TPSA) is 43.6 Å². The van der Waals surface area contributed by atoms with Crippen LogP contribution in [0.4, 0.5) is 0 Å². The summed E-state index contributed by atoms with van der Waals surface area (Å²) in [6.07, 6.45) is 0. The van der Waals surface area contributed by atoms with Crippen LogP contribution in [0.25, 0.3) is 93.0 Å². The number of para-hydroxylation sites is 2. The molecular weight excluding hydrogens is 629 g/mol. The van der Waals surface area contributed by atoms with Crippen LogP contribution in [0.3, 0.4) is 0 Å². The van der Waals surface area contributed by atoms with Crippen molar-refractivity contribution in [2.75, 3.05) is 0 Å². The van der Waals surface area contributed by atoms with E-state index in [2.05, 4.69) is 71.3 Å². The summed E-state index contributed by atoms with van der Waals surface area (Å²) >= 11 is 1.54. The number of thiophene rings is 1. The van der Waals surface area contributed by atoms with E-state index in [4.69, 9.17) is 19.1 Å². The molecule has 0 saturated carbocycles. The summed E-state index contributed by atoms with van der Waals surface area (Å²) in [7, 11) is 0. The number of fused-ring (bicyclic) bond motifs is 6. The molecular formula is C45H28N4S. The normalized spacial score (nSPS) is 12.4. The van der Waals surface area contributed by atoms with E-state index >= 15 is 0 Å². The van der Waals surface area contributed by atoms with E-state index in [9.17, 15) is 0 Å². The molecule has 3 aromatic heterocycles. The Morgan fingerprint density at radius 3 is 1.70 bits per heavy atom. The maximum atomic E-state index is 9.03. The van der Waals surface area contributed by atoms with Crippen LogP contribution in [0.15, 0.2) is 170 Å².